The fourth-order valence-corrected chi connectivity index (χ4v) is 3.61. The Hall–Kier alpha value is -2.63. The summed E-state index contributed by atoms with van der Waals surface area (Å²) < 4.78 is 67.7. The number of halogens is 5. The number of anilines is 1. The molecule has 1 saturated heterocycles. The summed E-state index contributed by atoms with van der Waals surface area (Å²) in [6.45, 7) is 0.0514. The first-order valence-electron chi connectivity index (χ1n) is 7.97. The summed E-state index contributed by atoms with van der Waals surface area (Å²) in [7, 11) is 2.70. The van der Waals surface area contributed by atoms with Crippen LogP contribution in [0.15, 0.2) is 18.3 Å². The van der Waals surface area contributed by atoms with Crippen LogP contribution in [0.5, 0.6) is 0 Å². The predicted molar refractivity (Wildman–Crippen MR) is 92.5 cm³/mol. The number of thiocarbonyl (C=S) groups is 1. The first kappa shape index (κ1) is 20.1. The zero-order valence-corrected chi connectivity index (χ0v) is 15.4. The predicted octanol–water partition coefficient (Wildman–Crippen LogP) is 2.72. The molecule has 0 spiro atoms. The van der Waals surface area contributed by atoms with Crippen LogP contribution >= 0.6 is 12.2 Å². The Morgan fingerprint density at radius 1 is 1.29 bits per heavy atom. The van der Waals surface area contributed by atoms with Gasteiger partial charge in [-0.1, -0.05) is 12.2 Å². The number of carbonyl (C=O) groups is 1. The van der Waals surface area contributed by atoms with Gasteiger partial charge >= 0.3 is 6.18 Å². The van der Waals surface area contributed by atoms with Crippen LogP contribution in [0.1, 0.15) is 17.2 Å². The molecule has 150 valence electrons. The molecule has 2 atom stereocenters. The van der Waals surface area contributed by atoms with Gasteiger partial charge in [0.2, 0.25) is 17.8 Å². The van der Waals surface area contributed by atoms with Gasteiger partial charge in [-0.15, -0.1) is 0 Å². The lowest BCUT2D eigenvalue weighted by Gasteiger charge is -2.19. The van der Waals surface area contributed by atoms with E-state index in [1.165, 1.54) is 4.90 Å². The number of pyridine rings is 1. The number of amides is 1. The molecule has 1 fully saturated rings. The maximum atomic E-state index is 13.7. The molecule has 3 heterocycles. The third-order valence-electron chi connectivity index (χ3n) is 4.51. The van der Waals surface area contributed by atoms with Crippen molar-refractivity contribution in [3.8, 4) is 0 Å². The van der Waals surface area contributed by atoms with Crippen molar-refractivity contribution in [2.45, 2.75) is 12.1 Å². The number of nitrogens with zero attached hydrogens (tertiary/aromatic N) is 4. The fourth-order valence-electron chi connectivity index (χ4n) is 3.26. The second kappa shape index (κ2) is 7.08. The highest BCUT2D eigenvalue weighted by Crippen LogP contribution is 2.41. The van der Waals surface area contributed by atoms with Crippen molar-refractivity contribution in [1.82, 2.24) is 19.7 Å². The van der Waals surface area contributed by atoms with Crippen molar-refractivity contribution in [3.63, 3.8) is 0 Å². The molecule has 3 rings (SSSR count). The normalized spacial score (nSPS) is 20.0. The highest BCUT2D eigenvalue weighted by molar-refractivity contribution is 7.80. The second-order valence-electron chi connectivity index (χ2n) is 6.33. The minimum atomic E-state index is -4.68. The molecule has 1 N–H and O–H groups in total. The molecule has 0 unspecified atom stereocenters. The molecular weight excluding hydrogens is 405 g/mol. The smallest absolute Gasteiger partial charge is 0.368 e. The highest BCUT2D eigenvalue weighted by atomic mass is 32.1. The topological polar surface area (TPSA) is 63.1 Å². The van der Waals surface area contributed by atoms with Gasteiger partial charge in [0.05, 0.1) is 22.8 Å². The van der Waals surface area contributed by atoms with Gasteiger partial charge in [-0.25, -0.2) is 0 Å². The monoisotopic (exact) mass is 419 g/mol. The lowest BCUT2D eigenvalue weighted by Crippen LogP contribution is -2.32. The van der Waals surface area contributed by atoms with Crippen LogP contribution in [-0.2, 0) is 18.0 Å². The van der Waals surface area contributed by atoms with E-state index in [2.05, 4.69) is 15.4 Å². The molecule has 2 aromatic rings. The summed E-state index contributed by atoms with van der Waals surface area (Å²) >= 11 is 5.22. The van der Waals surface area contributed by atoms with E-state index in [1.54, 1.807) is 7.05 Å². The number of alkyl halides is 3. The van der Waals surface area contributed by atoms with Gasteiger partial charge in [0, 0.05) is 32.1 Å². The lowest BCUT2D eigenvalue weighted by atomic mass is 9.88. The third-order valence-corrected chi connectivity index (χ3v) is 5.07. The van der Waals surface area contributed by atoms with Gasteiger partial charge in [0.25, 0.3) is 0 Å². The minimum Gasteiger partial charge on any atom is -0.368 e. The molecule has 6 nitrogen and oxygen atoms in total. The van der Waals surface area contributed by atoms with E-state index in [0.717, 1.165) is 25.4 Å². The van der Waals surface area contributed by atoms with E-state index in [0.29, 0.717) is 4.68 Å². The van der Waals surface area contributed by atoms with Crippen LogP contribution < -0.4 is 5.32 Å². The van der Waals surface area contributed by atoms with Crippen molar-refractivity contribution < 1.29 is 26.7 Å². The van der Waals surface area contributed by atoms with Crippen LogP contribution in [0.3, 0.4) is 0 Å². The highest BCUT2D eigenvalue weighted by Gasteiger charge is 2.47. The Balaban J connectivity index is 1.97. The minimum absolute atomic E-state index is 0.0514. The molecular formula is C16H14F5N5OS. The van der Waals surface area contributed by atoms with Crippen molar-refractivity contribution in [2.24, 2.45) is 13.0 Å². The van der Waals surface area contributed by atoms with Crippen molar-refractivity contribution in [1.29, 1.82) is 0 Å². The first-order chi connectivity index (χ1) is 13.0. The summed E-state index contributed by atoms with van der Waals surface area (Å²) in [5.41, 5.74) is -1.56. The Labute approximate surface area is 161 Å². The molecule has 0 aromatic carbocycles. The van der Waals surface area contributed by atoms with E-state index >= 15 is 0 Å². The average molecular weight is 419 g/mol. The molecule has 1 aliphatic rings. The standard InChI is InChI=1S/C16H14F5N5OS/c1-25-6-8(7-5-22-26(2)12(7)16(19,20)21)11(15(25)28)14(27)23-9-3-4-10(17)24-13(9)18/h3-5,8,11H,6H2,1-2H3,(H,23,27)/t8-,11+/m1/s1. The zero-order valence-electron chi connectivity index (χ0n) is 14.6. The van der Waals surface area contributed by atoms with E-state index in [9.17, 15) is 26.7 Å². The van der Waals surface area contributed by atoms with E-state index in [-0.39, 0.29) is 17.1 Å². The number of carbonyl (C=O) groups excluding carboxylic acids is 1. The summed E-state index contributed by atoms with van der Waals surface area (Å²) in [4.78, 5) is 17.3. The molecule has 2 aromatic heterocycles. The van der Waals surface area contributed by atoms with Crippen molar-refractivity contribution in [2.75, 3.05) is 18.9 Å². The molecule has 1 aliphatic heterocycles. The Morgan fingerprint density at radius 2 is 1.96 bits per heavy atom. The third kappa shape index (κ3) is 3.55. The number of nitrogens with one attached hydrogen (secondary N) is 1. The van der Waals surface area contributed by atoms with Crippen LogP contribution in [0.2, 0.25) is 0 Å². The number of likely N-dealkylation sites (tertiary alicyclic amines) is 1. The number of hydrogen-bond acceptors (Lipinski definition) is 4. The van der Waals surface area contributed by atoms with Crippen LogP contribution in [0.25, 0.3) is 0 Å². The first-order valence-corrected chi connectivity index (χ1v) is 8.38. The number of hydrogen-bond donors (Lipinski definition) is 1. The molecule has 0 aliphatic carbocycles. The summed E-state index contributed by atoms with van der Waals surface area (Å²) in [5, 5.41) is 5.90. The molecule has 28 heavy (non-hydrogen) atoms. The van der Waals surface area contributed by atoms with Gasteiger partial charge in [0.15, 0.2) is 0 Å². The number of likely N-dealkylation sites (N-methyl/N-ethyl adjacent to an activating group) is 1. The quantitative estimate of drug-likeness (QED) is 0.471. The van der Waals surface area contributed by atoms with Crippen molar-refractivity contribution >= 4 is 28.8 Å². The van der Waals surface area contributed by atoms with E-state index < -0.39 is 47.2 Å². The summed E-state index contributed by atoms with van der Waals surface area (Å²) in [6, 6.07) is 1.82. The van der Waals surface area contributed by atoms with E-state index in [1.807, 2.05) is 0 Å². The van der Waals surface area contributed by atoms with Gasteiger partial charge in [-0.3, -0.25) is 9.48 Å². The second-order valence-corrected chi connectivity index (χ2v) is 6.75. The maximum absolute atomic E-state index is 13.7. The SMILES string of the molecule is CN1C[C@H](c2cnn(C)c2C(F)(F)F)[C@@H](C(=O)Nc2ccc(F)nc2F)C1=S. The zero-order chi connectivity index (χ0) is 20.8. The molecule has 0 radical (unpaired) electrons. The molecule has 0 bridgehead atoms. The molecule has 1 amide bonds. The number of aryl methyl sites for hydroxylation is 1. The largest absolute Gasteiger partial charge is 0.433 e. The number of aromatic nitrogens is 3. The van der Waals surface area contributed by atoms with Gasteiger partial charge in [-0.2, -0.15) is 32.0 Å². The Bertz CT molecular complexity index is 944. The van der Waals surface area contributed by atoms with Crippen LogP contribution in [0.4, 0.5) is 27.6 Å². The van der Waals surface area contributed by atoms with Gasteiger partial charge < -0.3 is 10.2 Å². The fraction of sp³-hybridized carbons (Fsp3) is 0.375. The van der Waals surface area contributed by atoms with Crippen LogP contribution in [-0.4, -0.2) is 44.2 Å². The maximum Gasteiger partial charge on any atom is 0.433 e. The summed E-state index contributed by atoms with van der Waals surface area (Å²) in [5.74, 6) is -5.26. The Morgan fingerprint density at radius 3 is 2.57 bits per heavy atom. The number of rotatable bonds is 3. The molecule has 0 saturated carbocycles. The van der Waals surface area contributed by atoms with Gasteiger partial charge in [-0.05, 0) is 12.1 Å². The Kier molecular flexibility index (Phi) is 5.08. The average Bonchev–Trinajstić information content (AvgIpc) is 3.10. The van der Waals surface area contributed by atoms with Gasteiger partial charge in [0.1, 0.15) is 5.69 Å². The lowest BCUT2D eigenvalue weighted by molar-refractivity contribution is -0.144. The van der Waals surface area contributed by atoms with Crippen LogP contribution in [0, 0.1) is 17.8 Å². The summed E-state index contributed by atoms with van der Waals surface area (Å²) in [6.07, 6.45) is -3.63. The van der Waals surface area contributed by atoms with Crippen molar-refractivity contribution in [3.05, 3.63) is 41.5 Å². The van der Waals surface area contributed by atoms with E-state index in [4.69, 9.17) is 12.2 Å². The molecule has 12 heteroatoms.